The van der Waals surface area contributed by atoms with Crippen molar-refractivity contribution in [3.8, 4) is 5.82 Å². The molecule has 0 spiro atoms. The first-order valence-electron chi connectivity index (χ1n) is 12.6. The highest BCUT2D eigenvalue weighted by molar-refractivity contribution is 5.82. The van der Waals surface area contributed by atoms with Crippen LogP contribution >= 0.6 is 0 Å². The number of aromatic nitrogens is 4. The molecule has 0 bridgehead atoms. The maximum Gasteiger partial charge on any atom is 0.159 e. The molecule has 2 saturated heterocycles. The molecule has 0 amide bonds. The van der Waals surface area contributed by atoms with Crippen LogP contribution in [-0.4, -0.2) is 74.2 Å². The average Bonchev–Trinajstić information content (AvgIpc) is 3.47. The van der Waals surface area contributed by atoms with E-state index in [1.54, 1.807) is 0 Å². The van der Waals surface area contributed by atoms with Crippen LogP contribution in [0.5, 0.6) is 0 Å². The van der Waals surface area contributed by atoms with Crippen molar-refractivity contribution < 1.29 is 9.84 Å². The first kappa shape index (κ1) is 21.9. The molecule has 2 aliphatic heterocycles. The number of nitrogens with one attached hydrogen (secondary N) is 1. The Morgan fingerprint density at radius 3 is 2.62 bits per heavy atom. The SMILES string of the molecule is Cc1nc(N[C@H]2C[C@@H](O)C2)cc(-n2ncc3cc(C)c(C4CCN(C5CCOC5)CC4)cc32)n1. The summed E-state index contributed by atoms with van der Waals surface area (Å²) in [5, 5.41) is 18.9. The maximum atomic E-state index is 9.60. The van der Waals surface area contributed by atoms with Gasteiger partial charge in [0, 0.05) is 30.1 Å². The Kier molecular flexibility index (Phi) is 5.75. The van der Waals surface area contributed by atoms with Crippen molar-refractivity contribution in [1.29, 1.82) is 0 Å². The van der Waals surface area contributed by atoms with E-state index in [0.717, 1.165) is 61.7 Å². The van der Waals surface area contributed by atoms with Gasteiger partial charge in [0.25, 0.3) is 0 Å². The van der Waals surface area contributed by atoms with Crippen LogP contribution in [0.25, 0.3) is 16.7 Å². The van der Waals surface area contributed by atoms with Crippen molar-refractivity contribution in [3.63, 3.8) is 0 Å². The van der Waals surface area contributed by atoms with Crippen molar-refractivity contribution in [2.75, 3.05) is 31.6 Å². The van der Waals surface area contributed by atoms with E-state index in [1.165, 1.54) is 30.4 Å². The second-order valence-corrected chi connectivity index (χ2v) is 10.3. The molecule has 1 unspecified atom stereocenters. The predicted molar refractivity (Wildman–Crippen MR) is 132 cm³/mol. The minimum absolute atomic E-state index is 0.199. The van der Waals surface area contributed by atoms with Crippen molar-refractivity contribution in [2.24, 2.45) is 0 Å². The molecule has 8 nitrogen and oxygen atoms in total. The summed E-state index contributed by atoms with van der Waals surface area (Å²) in [6.45, 7) is 8.23. The van der Waals surface area contributed by atoms with Gasteiger partial charge in [-0.25, -0.2) is 14.6 Å². The van der Waals surface area contributed by atoms with Crippen LogP contribution in [-0.2, 0) is 4.74 Å². The summed E-state index contributed by atoms with van der Waals surface area (Å²) in [6, 6.07) is 7.45. The summed E-state index contributed by atoms with van der Waals surface area (Å²) in [6.07, 6.45) is 6.80. The zero-order chi connectivity index (χ0) is 23.2. The lowest BCUT2D eigenvalue weighted by molar-refractivity contribution is 0.0835. The second-order valence-electron chi connectivity index (χ2n) is 10.3. The van der Waals surface area contributed by atoms with Gasteiger partial charge in [-0.3, -0.25) is 4.90 Å². The summed E-state index contributed by atoms with van der Waals surface area (Å²) < 4.78 is 7.55. The third-order valence-electron chi connectivity index (χ3n) is 7.85. The molecule has 4 heterocycles. The Balaban J connectivity index is 1.26. The van der Waals surface area contributed by atoms with Crippen LogP contribution < -0.4 is 5.32 Å². The van der Waals surface area contributed by atoms with Crippen molar-refractivity contribution in [2.45, 2.75) is 70.1 Å². The fourth-order valence-corrected chi connectivity index (χ4v) is 5.86. The van der Waals surface area contributed by atoms with Crippen molar-refractivity contribution >= 4 is 16.7 Å². The molecule has 8 heteroatoms. The maximum absolute atomic E-state index is 9.60. The number of piperidine rings is 1. The number of rotatable bonds is 5. The number of aliphatic hydroxyl groups is 1. The number of anilines is 1. The minimum Gasteiger partial charge on any atom is -0.393 e. The number of benzene rings is 1. The van der Waals surface area contributed by atoms with Gasteiger partial charge < -0.3 is 15.2 Å². The van der Waals surface area contributed by atoms with Gasteiger partial charge in [0.1, 0.15) is 11.6 Å². The highest BCUT2D eigenvalue weighted by atomic mass is 16.5. The molecule has 1 atom stereocenters. The number of ether oxygens (including phenoxy) is 1. The first-order chi connectivity index (χ1) is 16.5. The fraction of sp³-hybridized carbons (Fsp3) is 0.577. The number of hydrogen-bond acceptors (Lipinski definition) is 7. The zero-order valence-electron chi connectivity index (χ0n) is 20.1. The van der Waals surface area contributed by atoms with E-state index in [-0.39, 0.29) is 12.1 Å². The van der Waals surface area contributed by atoms with Crippen LogP contribution in [0.15, 0.2) is 24.4 Å². The van der Waals surface area contributed by atoms with E-state index in [0.29, 0.717) is 17.8 Å². The van der Waals surface area contributed by atoms with Gasteiger partial charge in [-0.1, -0.05) is 0 Å². The van der Waals surface area contributed by atoms with Crippen molar-refractivity contribution in [3.05, 3.63) is 41.3 Å². The van der Waals surface area contributed by atoms with Crippen molar-refractivity contribution in [1.82, 2.24) is 24.6 Å². The van der Waals surface area contributed by atoms with E-state index in [4.69, 9.17) is 14.8 Å². The molecule has 6 rings (SSSR count). The molecule has 0 radical (unpaired) electrons. The fourth-order valence-electron chi connectivity index (χ4n) is 5.86. The van der Waals surface area contributed by atoms with Gasteiger partial charge in [0.15, 0.2) is 5.82 Å². The van der Waals surface area contributed by atoms with Crippen LogP contribution in [0.1, 0.15) is 55.0 Å². The lowest BCUT2D eigenvalue weighted by Gasteiger charge is -2.36. The highest BCUT2D eigenvalue weighted by Crippen LogP contribution is 2.34. The van der Waals surface area contributed by atoms with Gasteiger partial charge in [0.05, 0.1) is 24.4 Å². The number of nitrogens with zero attached hydrogens (tertiary/aromatic N) is 5. The zero-order valence-corrected chi connectivity index (χ0v) is 20.1. The highest BCUT2D eigenvalue weighted by Gasteiger charge is 2.29. The van der Waals surface area contributed by atoms with Gasteiger partial charge in [-0.2, -0.15) is 5.10 Å². The molecule has 34 heavy (non-hydrogen) atoms. The number of likely N-dealkylation sites (tertiary alicyclic amines) is 1. The Labute approximate surface area is 200 Å². The minimum atomic E-state index is -0.199. The van der Waals surface area contributed by atoms with Gasteiger partial charge in [0.2, 0.25) is 0 Å². The topological polar surface area (TPSA) is 88.3 Å². The Morgan fingerprint density at radius 2 is 1.88 bits per heavy atom. The average molecular weight is 463 g/mol. The molecule has 3 fully saturated rings. The Bertz CT molecular complexity index is 1170. The molecule has 2 N–H and O–H groups in total. The molecule has 1 aliphatic carbocycles. The first-order valence-corrected chi connectivity index (χ1v) is 12.6. The third kappa shape index (κ3) is 4.19. The quantitative estimate of drug-likeness (QED) is 0.601. The van der Waals surface area contributed by atoms with E-state index < -0.39 is 0 Å². The van der Waals surface area contributed by atoms with Gasteiger partial charge >= 0.3 is 0 Å². The Hall–Kier alpha value is -2.55. The number of hydrogen-bond donors (Lipinski definition) is 2. The van der Waals surface area contributed by atoms with E-state index in [9.17, 15) is 5.11 Å². The van der Waals surface area contributed by atoms with E-state index >= 15 is 0 Å². The van der Waals surface area contributed by atoms with E-state index in [1.807, 2.05) is 23.9 Å². The standard InChI is InChI=1S/C26H34N6O2/c1-16-9-19-14-27-32(26-13-25(28-17(2)29-26)30-20-10-22(33)11-20)24(19)12-23(16)18-3-6-31(7-4-18)21-5-8-34-15-21/h9,12-14,18,20-22,33H,3-8,10-11,15H2,1-2H3,(H,28,29,30)/t20-,21?,22+. The lowest BCUT2D eigenvalue weighted by atomic mass is 9.86. The van der Waals surface area contributed by atoms with Gasteiger partial charge in [-0.05, 0) is 88.2 Å². The number of aliphatic hydroxyl groups excluding tert-OH is 1. The monoisotopic (exact) mass is 462 g/mol. The molecular formula is C26H34N6O2. The van der Waals surface area contributed by atoms with E-state index in [2.05, 4.69) is 34.3 Å². The molecular weight excluding hydrogens is 428 g/mol. The second kappa shape index (κ2) is 8.91. The third-order valence-corrected chi connectivity index (χ3v) is 7.85. The van der Waals surface area contributed by atoms with Crippen LogP contribution in [0.3, 0.4) is 0 Å². The number of fused-ring (bicyclic) bond motifs is 1. The van der Waals surface area contributed by atoms with Crippen LogP contribution in [0.4, 0.5) is 5.82 Å². The summed E-state index contributed by atoms with van der Waals surface area (Å²) in [5.41, 5.74) is 3.87. The molecule has 3 aliphatic rings. The lowest BCUT2D eigenvalue weighted by Crippen LogP contribution is -2.41. The summed E-state index contributed by atoms with van der Waals surface area (Å²) in [5.74, 6) is 2.84. The van der Waals surface area contributed by atoms with Crippen LogP contribution in [0.2, 0.25) is 0 Å². The normalized spacial score (nSPS) is 26.1. The molecule has 180 valence electrons. The predicted octanol–water partition coefficient (Wildman–Crippen LogP) is 3.34. The molecule has 2 aromatic heterocycles. The van der Waals surface area contributed by atoms with Crippen LogP contribution in [0, 0.1) is 13.8 Å². The number of aryl methyl sites for hydroxylation is 2. The summed E-state index contributed by atoms with van der Waals surface area (Å²) >= 11 is 0. The molecule has 3 aromatic rings. The van der Waals surface area contributed by atoms with Gasteiger partial charge in [-0.15, -0.1) is 0 Å². The molecule has 1 aromatic carbocycles. The summed E-state index contributed by atoms with van der Waals surface area (Å²) in [4.78, 5) is 11.9. The Morgan fingerprint density at radius 1 is 1.06 bits per heavy atom. The summed E-state index contributed by atoms with van der Waals surface area (Å²) in [7, 11) is 0. The smallest absolute Gasteiger partial charge is 0.159 e. The largest absolute Gasteiger partial charge is 0.393 e. The molecule has 1 saturated carbocycles.